The lowest BCUT2D eigenvalue weighted by Gasteiger charge is -2.21. The number of fused-ring (bicyclic) bond motifs is 1. The van der Waals surface area contributed by atoms with Crippen molar-refractivity contribution in [2.45, 2.75) is 13.1 Å². The highest BCUT2D eigenvalue weighted by Crippen LogP contribution is 2.13. The zero-order chi connectivity index (χ0) is 21.6. The highest BCUT2D eigenvalue weighted by atomic mass is 19.1. The van der Waals surface area contributed by atoms with Crippen LogP contribution in [0.5, 0.6) is 0 Å². The van der Waals surface area contributed by atoms with Crippen molar-refractivity contribution in [3.63, 3.8) is 0 Å². The molecule has 6 heteroatoms. The van der Waals surface area contributed by atoms with Crippen LogP contribution in [0.2, 0.25) is 0 Å². The number of H-pyrrole nitrogens is 1. The van der Waals surface area contributed by atoms with Gasteiger partial charge in [-0.3, -0.25) is 9.59 Å². The zero-order valence-electron chi connectivity index (χ0n) is 16.7. The van der Waals surface area contributed by atoms with Gasteiger partial charge in [-0.1, -0.05) is 60.7 Å². The summed E-state index contributed by atoms with van der Waals surface area (Å²) in [5.74, 6) is -0.336. The maximum atomic E-state index is 13.9. The summed E-state index contributed by atoms with van der Waals surface area (Å²) in [6.07, 6.45) is 2.78. The van der Waals surface area contributed by atoms with Crippen LogP contribution in [0.1, 0.15) is 17.0 Å². The SMILES string of the molecule is O=C(/C=C/c1ccccc1F)N(Cc1ccccc1)Cc1nc2ccccc2c(=O)[nH]1. The highest BCUT2D eigenvalue weighted by molar-refractivity contribution is 5.91. The third-order valence-corrected chi connectivity index (χ3v) is 4.84. The van der Waals surface area contributed by atoms with Gasteiger partial charge in [0.2, 0.25) is 5.91 Å². The van der Waals surface area contributed by atoms with E-state index in [0.29, 0.717) is 28.8 Å². The fraction of sp³-hybridized carbons (Fsp3) is 0.0800. The van der Waals surface area contributed by atoms with E-state index in [-0.39, 0.29) is 18.0 Å². The van der Waals surface area contributed by atoms with Crippen LogP contribution in [-0.2, 0) is 17.9 Å². The number of para-hydroxylation sites is 1. The van der Waals surface area contributed by atoms with E-state index in [4.69, 9.17) is 0 Å². The maximum Gasteiger partial charge on any atom is 0.258 e. The Morgan fingerprint density at radius 3 is 2.45 bits per heavy atom. The number of halogens is 1. The standard InChI is InChI=1S/C25H20FN3O2/c26-21-12-6-4-10-19(21)14-15-24(30)29(16-18-8-2-1-3-9-18)17-23-27-22-13-7-5-11-20(22)25(31)28-23/h1-15H,16-17H2,(H,27,28,31)/b15-14+. The lowest BCUT2D eigenvalue weighted by molar-refractivity contribution is -0.127. The number of nitrogens with zero attached hydrogens (tertiary/aromatic N) is 2. The zero-order valence-corrected chi connectivity index (χ0v) is 16.7. The number of hydrogen-bond acceptors (Lipinski definition) is 3. The van der Waals surface area contributed by atoms with Gasteiger partial charge in [-0.2, -0.15) is 0 Å². The molecule has 0 aliphatic rings. The van der Waals surface area contributed by atoms with Gasteiger partial charge in [0.25, 0.3) is 5.56 Å². The Balaban J connectivity index is 1.63. The monoisotopic (exact) mass is 413 g/mol. The average molecular weight is 413 g/mol. The molecular formula is C25H20FN3O2. The van der Waals surface area contributed by atoms with Crippen molar-refractivity contribution in [2.24, 2.45) is 0 Å². The second kappa shape index (κ2) is 9.17. The number of hydrogen-bond donors (Lipinski definition) is 1. The number of aromatic amines is 1. The maximum absolute atomic E-state index is 13.9. The fourth-order valence-corrected chi connectivity index (χ4v) is 3.28. The highest BCUT2D eigenvalue weighted by Gasteiger charge is 2.15. The Hall–Kier alpha value is -4.06. The molecule has 3 aromatic carbocycles. The topological polar surface area (TPSA) is 66.1 Å². The molecule has 0 unspecified atom stereocenters. The summed E-state index contributed by atoms with van der Waals surface area (Å²) < 4.78 is 13.9. The minimum absolute atomic E-state index is 0.107. The van der Waals surface area contributed by atoms with Gasteiger partial charge in [0, 0.05) is 18.2 Å². The minimum atomic E-state index is -0.401. The van der Waals surface area contributed by atoms with Crippen LogP contribution >= 0.6 is 0 Å². The van der Waals surface area contributed by atoms with Crippen molar-refractivity contribution in [3.05, 3.63) is 118 Å². The minimum Gasteiger partial charge on any atom is -0.327 e. The molecule has 0 atom stereocenters. The molecule has 1 aromatic heterocycles. The third kappa shape index (κ3) is 4.93. The van der Waals surface area contributed by atoms with Crippen LogP contribution in [0.3, 0.4) is 0 Å². The van der Waals surface area contributed by atoms with Gasteiger partial charge in [0.1, 0.15) is 11.6 Å². The van der Waals surface area contributed by atoms with Crippen molar-refractivity contribution < 1.29 is 9.18 Å². The van der Waals surface area contributed by atoms with E-state index in [0.717, 1.165) is 5.56 Å². The van der Waals surface area contributed by atoms with Crippen LogP contribution in [0, 0.1) is 5.82 Å². The van der Waals surface area contributed by atoms with Crippen molar-refractivity contribution in [1.82, 2.24) is 14.9 Å². The average Bonchev–Trinajstić information content (AvgIpc) is 2.79. The molecule has 0 spiro atoms. The fourth-order valence-electron chi connectivity index (χ4n) is 3.28. The predicted octanol–water partition coefficient (Wildman–Crippen LogP) is 4.30. The molecule has 31 heavy (non-hydrogen) atoms. The van der Waals surface area contributed by atoms with Gasteiger partial charge in [-0.15, -0.1) is 0 Å². The molecule has 0 aliphatic heterocycles. The molecular weight excluding hydrogens is 393 g/mol. The molecule has 4 aromatic rings. The van der Waals surface area contributed by atoms with Crippen LogP contribution in [0.15, 0.2) is 89.7 Å². The normalized spacial score (nSPS) is 11.1. The predicted molar refractivity (Wildman–Crippen MR) is 118 cm³/mol. The number of carbonyl (C=O) groups is 1. The van der Waals surface area contributed by atoms with Gasteiger partial charge < -0.3 is 9.88 Å². The van der Waals surface area contributed by atoms with Gasteiger partial charge >= 0.3 is 0 Å². The summed E-state index contributed by atoms with van der Waals surface area (Å²) in [6.45, 7) is 0.424. The number of nitrogens with one attached hydrogen (secondary N) is 1. The molecule has 0 radical (unpaired) electrons. The summed E-state index contributed by atoms with van der Waals surface area (Å²) >= 11 is 0. The first-order valence-electron chi connectivity index (χ1n) is 9.83. The number of carbonyl (C=O) groups excluding carboxylic acids is 1. The lowest BCUT2D eigenvalue weighted by Crippen LogP contribution is -2.30. The number of rotatable bonds is 6. The first-order chi connectivity index (χ1) is 15.1. The molecule has 1 N–H and O–H groups in total. The van der Waals surface area contributed by atoms with Gasteiger partial charge in [0.15, 0.2) is 0 Å². The Bertz CT molecular complexity index is 1300. The van der Waals surface area contributed by atoms with E-state index in [1.54, 1.807) is 41.3 Å². The Kier molecular flexibility index (Phi) is 5.98. The molecule has 5 nitrogen and oxygen atoms in total. The van der Waals surface area contributed by atoms with Gasteiger partial charge in [-0.05, 0) is 29.8 Å². The lowest BCUT2D eigenvalue weighted by atomic mass is 10.2. The molecule has 0 saturated heterocycles. The molecule has 0 saturated carbocycles. The molecule has 0 fully saturated rings. The van der Waals surface area contributed by atoms with Crippen molar-refractivity contribution in [3.8, 4) is 0 Å². The summed E-state index contributed by atoms with van der Waals surface area (Å²) in [7, 11) is 0. The second-order valence-corrected chi connectivity index (χ2v) is 7.06. The second-order valence-electron chi connectivity index (χ2n) is 7.06. The van der Waals surface area contributed by atoms with Crippen LogP contribution in [0.4, 0.5) is 4.39 Å². The van der Waals surface area contributed by atoms with Crippen molar-refractivity contribution in [1.29, 1.82) is 0 Å². The smallest absolute Gasteiger partial charge is 0.258 e. The van der Waals surface area contributed by atoms with E-state index in [1.165, 1.54) is 18.2 Å². The summed E-state index contributed by atoms with van der Waals surface area (Å²) in [5.41, 5.74) is 1.57. The van der Waals surface area contributed by atoms with Crippen LogP contribution in [0.25, 0.3) is 17.0 Å². The van der Waals surface area contributed by atoms with E-state index in [9.17, 15) is 14.0 Å². The van der Waals surface area contributed by atoms with E-state index >= 15 is 0 Å². The van der Waals surface area contributed by atoms with Gasteiger partial charge in [-0.25, -0.2) is 9.37 Å². The van der Waals surface area contributed by atoms with E-state index in [1.807, 2.05) is 36.4 Å². The number of benzene rings is 3. The third-order valence-electron chi connectivity index (χ3n) is 4.84. The van der Waals surface area contributed by atoms with Crippen molar-refractivity contribution in [2.75, 3.05) is 0 Å². The van der Waals surface area contributed by atoms with Crippen molar-refractivity contribution >= 4 is 22.9 Å². The molecule has 0 bridgehead atoms. The molecule has 4 rings (SSSR count). The Labute approximate surface area is 178 Å². The summed E-state index contributed by atoms with van der Waals surface area (Å²) in [4.78, 5) is 34.2. The summed E-state index contributed by atoms with van der Waals surface area (Å²) in [5, 5.41) is 0.492. The Morgan fingerprint density at radius 1 is 0.935 bits per heavy atom. The quantitative estimate of drug-likeness (QED) is 0.479. The van der Waals surface area contributed by atoms with E-state index < -0.39 is 5.82 Å². The molecule has 1 heterocycles. The molecule has 154 valence electrons. The molecule has 0 aliphatic carbocycles. The molecule has 1 amide bonds. The first-order valence-corrected chi connectivity index (χ1v) is 9.83. The first kappa shape index (κ1) is 20.2. The van der Waals surface area contributed by atoms with Gasteiger partial charge in [0.05, 0.1) is 17.4 Å². The largest absolute Gasteiger partial charge is 0.327 e. The summed E-state index contributed by atoms with van der Waals surface area (Å²) in [6, 6.07) is 22.8. The van der Waals surface area contributed by atoms with E-state index in [2.05, 4.69) is 9.97 Å². The van der Waals surface area contributed by atoms with Crippen LogP contribution in [-0.4, -0.2) is 20.8 Å². The number of aromatic nitrogens is 2. The van der Waals surface area contributed by atoms with Crippen LogP contribution < -0.4 is 5.56 Å². The Morgan fingerprint density at radius 2 is 1.65 bits per heavy atom. The number of amides is 1.